The van der Waals surface area contributed by atoms with Crippen molar-refractivity contribution >= 4 is 15.9 Å². The predicted octanol–water partition coefficient (Wildman–Crippen LogP) is 2.52. The lowest BCUT2D eigenvalue weighted by atomic mass is 10.1. The zero-order valence-electron chi connectivity index (χ0n) is 8.05. The Balaban J connectivity index is 3.07. The molecule has 4 heteroatoms. The fraction of sp³-hybridized carbons (Fsp3) is 0.400. The SMILES string of the molecule is COc1cc(F)c(Br)cc1CC(C)O. The smallest absolute Gasteiger partial charge is 0.141 e. The van der Waals surface area contributed by atoms with Crippen LogP contribution in [0, 0.1) is 5.82 Å². The van der Waals surface area contributed by atoms with Gasteiger partial charge in [0.05, 0.1) is 17.7 Å². The summed E-state index contributed by atoms with van der Waals surface area (Å²) in [5.74, 6) is 0.0998. The highest BCUT2D eigenvalue weighted by Gasteiger charge is 2.10. The van der Waals surface area contributed by atoms with E-state index in [1.165, 1.54) is 13.2 Å². The molecule has 0 radical (unpaired) electrons. The van der Waals surface area contributed by atoms with Gasteiger partial charge in [-0.3, -0.25) is 0 Å². The first kappa shape index (κ1) is 11.5. The number of halogens is 2. The van der Waals surface area contributed by atoms with Crippen LogP contribution in [0.3, 0.4) is 0 Å². The van der Waals surface area contributed by atoms with Crippen LogP contribution in [-0.4, -0.2) is 18.3 Å². The van der Waals surface area contributed by atoms with Crippen LogP contribution in [0.15, 0.2) is 16.6 Å². The maximum Gasteiger partial charge on any atom is 0.141 e. The van der Waals surface area contributed by atoms with Crippen LogP contribution in [0.5, 0.6) is 5.75 Å². The molecule has 1 unspecified atom stereocenters. The van der Waals surface area contributed by atoms with Gasteiger partial charge in [-0.25, -0.2) is 4.39 Å². The molecule has 0 bridgehead atoms. The Kier molecular flexibility index (Phi) is 3.89. The standard InChI is InChI=1S/C10H12BrFO2/c1-6(13)3-7-4-8(11)9(12)5-10(7)14-2/h4-6,13H,3H2,1-2H3. The molecule has 14 heavy (non-hydrogen) atoms. The third-order valence-corrected chi connectivity index (χ3v) is 2.45. The summed E-state index contributed by atoms with van der Waals surface area (Å²) in [7, 11) is 1.48. The quantitative estimate of drug-likeness (QED) is 0.907. The van der Waals surface area contributed by atoms with Crippen LogP contribution < -0.4 is 4.74 Å². The Labute approximate surface area is 90.8 Å². The van der Waals surface area contributed by atoms with Crippen LogP contribution in [-0.2, 0) is 6.42 Å². The van der Waals surface area contributed by atoms with Crippen molar-refractivity contribution in [3.05, 3.63) is 28.0 Å². The third kappa shape index (κ3) is 2.69. The predicted molar refractivity (Wildman–Crippen MR) is 56.0 cm³/mol. The monoisotopic (exact) mass is 262 g/mol. The van der Waals surface area contributed by atoms with Crippen LogP contribution >= 0.6 is 15.9 Å². The summed E-state index contributed by atoms with van der Waals surface area (Å²) in [6.07, 6.45) is -0.0246. The molecule has 0 aromatic heterocycles. The molecule has 78 valence electrons. The average molecular weight is 263 g/mol. The second-order valence-corrected chi connectivity index (χ2v) is 3.99. The lowest BCUT2D eigenvalue weighted by Gasteiger charge is -2.11. The van der Waals surface area contributed by atoms with Crippen molar-refractivity contribution in [2.24, 2.45) is 0 Å². The van der Waals surface area contributed by atoms with Crippen molar-refractivity contribution in [3.8, 4) is 5.75 Å². The van der Waals surface area contributed by atoms with Gasteiger partial charge in [0.1, 0.15) is 11.6 Å². The van der Waals surface area contributed by atoms with Crippen LogP contribution in [0.2, 0.25) is 0 Å². The molecular weight excluding hydrogens is 251 g/mol. The molecule has 1 N–H and O–H groups in total. The first-order valence-electron chi connectivity index (χ1n) is 4.24. The van der Waals surface area contributed by atoms with Gasteiger partial charge in [-0.15, -0.1) is 0 Å². The highest BCUT2D eigenvalue weighted by molar-refractivity contribution is 9.10. The molecule has 1 aromatic rings. The van der Waals surface area contributed by atoms with Crippen molar-refractivity contribution in [3.63, 3.8) is 0 Å². The molecule has 0 saturated carbocycles. The van der Waals surface area contributed by atoms with E-state index in [9.17, 15) is 9.50 Å². The number of hydrogen-bond acceptors (Lipinski definition) is 2. The molecule has 0 aliphatic rings. The van der Waals surface area contributed by atoms with E-state index >= 15 is 0 Å². The molecule has 0 saturated heterocycles. The molecular formula is C10H12BrFO2. The molecule has 0 fully saturated rings. The fourth-order valence-electron chi connectivity index (χ4n) is 1.24. The highest BCUT2D eigenvalue weighted by atomic mass is 79.9. The van der Waals surface area contributed by atoms with Crippen molar-refractivity contribution in [2.75, 3.05) is 7.11 Å². The molecule has 0 aliphatic heterocycles. The van der Waals surface area contributed by atoms with Crippen LogP contribution in [0.25, 0.3) is 0 Å². The topological polar surface area (TPSA) is 29.5 Å². The van der Waals surface area contributed by atoms with E-state index in [0.29, 0.717) is 16.6 Å². The number of hydrogen-bond donors (Lipinski definition) is 1. The lowest BCUT2D eigenvalue weighted by molar-refractivity contribution is 0.194. The second kappa shape index (κ2) is 4.75. The maximum absolute atomic E-state index is 13.1. The Morgan fingerprint density at radius 3 is 2.71 bits per heavy atom. The Morgan fingerprint density at radius 2 is 2.21 bits per heavy atom. The van der Waals surface area contributed by atoms with E-state index in [4.69, 9.17) is 4.74 Å². The molecule has 1 rings (SSSR count). The van der Waals surface area contributed by atoms with E-state index in [1.54, 1.807) is 13.0 Å². The summed E-state index contributed by atoms with van der Waals surface area (Å²) < 4.78 is 18.5. The van der Waals surface area contributed by atoms with Gasteiger partial charge in [0.15, 0.2) is 0 Å². The van der Waals surface area contributed by atoms with E-state index in [0.717, 1.165) is 5.56 Å². The van der Waals surface area contributed by atoms with E-state index < -0.39 is 6.10 Å². The minimum atomic E-state index is -0.471. The number of ether oxygens (including phenoxy) is 1. The molecule has 0 amide bonds. The van der Waals surface area contributed by atoms with Crippen LogP contribution in [0.4, 0.5) is 4.39 Å². The lowest BCUT2D eigenvalue weighted by Crippen LogP contribution is -2.06. The summed E-state index contributed by atoms with van der Waals surface area (Å²) in [5, 5.41) is 9.22. The fourth-order valence-corrected chi connectivity index (χ4v) is 1.63. The van der Waals surface area contributed by atoms with Gasteiger partial charge in [0.25, 0.3) is 0 Å². The zero-order chi connectivity index (χ0) is 10.7. The molecule has 1 atom stereocenters. The minimum absolute atomic E-state index is 0.365. The molecule has 2 nitrogen and oxygen atoms in total. The largest absolute Gasteiger partial charge is 0.496 e. The van der Waals surface area contributed by atoms with Gasteiger partial charge in [-0.2, -0.15) is 0 Å². The van der Waals surface area contributed by atoms with Gasteiger partial charge in [0, 0.05) is 12.5 Å². The van der Waals surface area contributed by atoms with Gasteiger partial charge in [-0.1, -0.05) is 0 Å². The molecule has 0 aliphatic carbocycles. The Morgan fingerprint density at radius 1 is 1.57 bits per heavy atom. The molecule has 1 aromatic carbocycles. The normalized spacial score (nSPS) is 12.6. The van der Waals surface area contributed by atoms with E-state index in [1.807, 2.05) is 0 Å². The summed E-state index contributed by atoms with van der Waals surface area (Å²) in [6.45, 7) is 1.68. The summed E-state index contributed by atoms with van der Waals surface area (Å²) in [5.41, 5.74) is 0.788. The Bertz CT molecular complexity index is 326. The molecule has 0 spiro atoms. The van der Waals surface area contributed by atoms with Gasteiger partial charge in [-0.05, 0) is 34.5 Å². The number of aliphatic hydroxyl groups is 1. The second-order valence-electron chi connectivity index (χ2n) is 3.13. The van der Waals surface area contributed by atoms with Gasteiger partial charge < -0.3 is 9.84 Å². The van der Waals surface area contributed by atoms with Crippen molar-refractivity contribution in [1.29, 1.82) is 0 Å². The maximum atomic E-state index is 13.1. The van der Waals surface area contributed by atoms with E-state index in [-0.39, 0.29) is 5.82 Å². The highest BCUT2D eigenvalue weighted by Crippen LogP contribution is 2.27. The Hall–Kier alpha value is -0.610. The number of aliphatic hydroxyl groups excluding tert-OH is 1. The van der Waals surface area contributed by atoms with Crippen molar-refractivity contribution in [2.45, 2.75) is 19.4 Å². The average Bonchev–Trinajstić information content (AvgIpc) is 2.10. The summed E-state index contributed by atoms with van der Waals surface area (Å²) in [6, 6.07) is 2.93. The van der Waals surface area contributed by atoms with Gasteiger partial charge in [0.2, 0.25) is 0 Å². The van der Waals surface area contributed by atoms with Crippen molar-refractivity contribution < 1.29 is 14.2 Å². The summed E-state index contributed by atoms with van der Waals surface area (Å²) >= 11 is 3.09. The third-order valence-electron chi connectivity index (χ3n) is 1.84. The van der Waals surface area contributed by atoms with Crippen molar-refractivity contribution in [1.82, 2.24) is 0 Å². The first-order chi connectivity index (χ1) is 6.54. The number of methoxy groups -OCH3 is 1. The molecule has 0 heterocycles. The van der Waals surface area contributed by atoms with E-state index in [2.05, 4.69) is 15.9 Å². The number of rotatable bonds is 3. The van der Waals surface area contributed by atoms with Crippen LogP contribution in [0.1, 0.15) is 12.5 Å². The first-order valence-corrected chi connectivity index (χ1v) is 5.04. The zero-order valence-corrected chi connectivity index (χ0v) is 9.64. The summed E-state index contributed by atoms with van der Waals surface area (Å²) in [4.78, 5) is 0. The number of benzene rings is 1. The minimum Gasteiger partial charge on any atom is -0.496 e. The van der Waals surface area contributed by atoms with Gasteiger partial charge >= 0.3 is 0 Å².